The number of nitrogens with one attached hydrogen (secondary N) is 2. The number of hydrogen-bond acceptors (Lipinski definition) is 8. The lowest BCUT2D eigenvalue weighted by Gasteiger charge is -2.61. The fourth-order valence-corrected chi connectivity index (χ4v) is 9.23. The largest absolute Gasteiger partial charge is 0.393 e. The topological polar surface area (TPSA) is 197 Å². The second-order valence-corrected chi connectivity index (χ2v) is 14.4. The Labute approximate surface area is 246 Å². The van der Waals surface area contributed by atoms with Crippen LogP contribution in [0.4, 0.5) is 0 Å². The van der Waals surface area contributed by atoms with Crippen molar-refractivity contribution >= 4 is 12.3 Å². The molecular formula is C31H59N5O5. The smallest absolute Gasteiger partial charge is 0.220 e. The van der Waals surface area contributed by atoms with Crippen LogP contribution in [-0.4, -0.2) is 64.3 Å². The summed E-state index contributed by atoms with van der Waals surface area (Å²) in [6.45, 7) is 8.67. The number of rotatable bonds is 10. The van der Waals surface area contributed by atoms with Crippen LogP contribution in [0.5, 0.6) is 0 Å². The van der Waals surface area contributed by atoms with Gasteiger partial charge in [0.05, 0.1) is 30.6 Å². The van der Waals surface area contributed by atoms with Gasteiger partial charge in [-0.25, -0.2) is 0 Å². The van der Waals surface area contributed by atoms with Crippen molar-refractivity contribution in [1.82, 2.24) is 10.6 Å². The molecule has 41 heavy (non-hydrogen) atoms. The van der Waals surface area contributed by atoms with Crippen LogP contribution in [0, 0.1) is 46.8 Å². The number of aliphatic hydroxyl groups excluding tert-OH is 3. The summed E-state index contributed by atoms with van der Waals surface area (Å²) >= 11 is 0. The zero-order valence-corrected chi connectivity index (χ0v) is 25.8. The van der Waals surface area contributed by atoms with Crippen LogP contribution in [0.3, 0.4) is 0 Å². The number of fused-ring (bicyclic) bond motifs is 5. The van der Waals surface area contributed by atoms with Crippen molar-refractivity contribution in [3.63, 3.8) is 0 Å². The number of carbonyl (C=O) groups is 2. The van der Waals surface area contributed by atoms with E-state index in [4.69, 9.17) is 17.2 Å². The molecule has 4 fully saturated rings. The Balaban J connectivity index is 0.000000850. The molecule has 0 bridgehead atoms. The monoisotopic (exact) mass is 581 g/mol. The summed E-state index contributed by atoms with van der Waals surface area (Å²) in [5.41, 5.74) is 15.8. The Kier molecular flexibility index (Phi) is 12.0. The lowest BCUT2D eigenvalue weighted by molar-refractivity contribution is -0.213. The lowest BCUT2D eigenvalue weighted by Crippen LogP contribution is -2.63. The van der Waals surface area contributed by atoms with E-state index in [1.807, 2.05) is 6.92 Å². The third-order valence-electron chi connectivity index (χ3n) is 11.4. The quantitative estimate of drug-likeness (QED) is 0.140. The number of hydrogen-bond donors (Lipinski definition) is 8. The molecule has 0 saturated heterocycles. The van der Waals surface area contributed by atoms with E-state index < -0.39 is 17.9 Å². The van der Waals surface area contributed by atoms with E-state index in [-0.39, 0.29) is 42.0 Å². The van der Waals surface area contributed by atoms with Gasteiger partial charge >= 0.3 is 0 Å². The summed E-state index contributed by atoms with van der Waals surface area (Å²) < 4.78 is 0. The van der Waals surface area contributed by atoms with Gasteiger partial charge < -0.3 is 43.2 Å². The lowest BCUT2D eigenvalue weighted by atomic mass is 9.45. The first-order valence-corrected chi connectivity index (χ1v) is 16.0. The first-order valence-electron chi connectivity index (χ1n) is 16.0. The molecule has 0 aromatic rings. The minimum atomic E-state index is -0.733. The Hall–Kier alpha value is -1.30. The van der Waals surface area contributed by atoms with Crippen molar-refractivity contribution in [2.75, 3.05) is 6.67 Å². The molecule has 10 heteroatoms. The molecule has 11 N–H and O–H groups in total. The summed E-state index contributed by atoms with van der Waals surface area (Å²) in [7, 11) is 0. The summed E-state index contributed by atoms with van der Waals surface area (Å²) in [4.78, 5) is 21.8. The highest BCUT2D eigenvalue weighted by Gasteiger charge is 2.62. The van der Waals surface area contributed by atoms with Crippen molar-refractivity contribution < 1.29 is 24.9 Å². The van der Waals surface area contributed by atoms with E-state index >= 15 is 0 Å². The minimum Gasteiger partial charge on any atom is -0.393 e. The standard InChI is InChI=1S/C29H53N3O4.C2H6N2O/c1-16(5-10-24(34)32-17(2)11-14-29(4,30)31)19-6-7-21-20(19)8-9-22-25(21)27(36)26(35)23-15-18(33)12-13-28(22,23)3;3-1-4-2-5/h16-23,25-27,33,35-36H,5-15,30-31H2,1-4H3,(H,32,34);2H,1,3H2,(H,4,5). The second-order valence-electron chi connectivity index (χ2n) is 14.4. The molecule has 4 saturated carbocycles. The van der Waals surface area contributed by atoms with E-state index in [0.29, 0.717) is 55.3 Å². The molecule has 0 spiro atoms. The molecule has 238 valence electrons. The van der Waals surface area contributed by atoms with Gasteiger partial charge in [-0.1, -0.05) is 13.8 Å². The third kappa shape index (κ3) is 8.21. The van der Waals surface area contributed by atoms with Crippen LogP contribution in [0.15, 0.2) is 0 Å². The van der Waals surface area contributed by atoms with Gasteiger partial charge in [0.15, 0.2) is 0 Å². The molecule has 0 aromatic heterocycles. The van der Waals surface area contributed by atoms with Gasteiger partial charge in [-0.3, -0.25) is 9.59 Å². The molecule has 12 unspecified atom stereocenters. The fourth-order valence-electron chi connectivity index (χ4n) is 9.23. The molecule has 10 nitrogen and oxygen atoms in total. The molecule has 0 radical (unpaired) electrons. The molecule has 12 atom stereocenters. The molecule has 4 aliphatic carbocycles. The Bertz CT molecular complexity index is 855. The Morgan fingerprint density at radius 2 is 1.71 bits per heavy atom. The van der Waals surface area contributed by atoms with Crippen LogP contribution in [0.25, 0.3) is 0 Å². The normalized spacial score (nSPS) is 39.6. The molecular weight excluding hydrogens is 522 g/mol. The van der Waals surface area contributed by atoms with Crippen molar-refractivity contribution in [3.8, 4) is 0 Å². The van der Waals surface area contributed by atoms with E-state index in [9.17, 15) is 24.9 Å². The van der Waals surface area contributed by atoms with Crippen molar-refractivity contribution in [3.05, 3.63) is 0 Å². The van der Waals surface area contributed by atoms with Gasteiger partial charge in [0.1, 0.15) is 0 Å². The van der Waals surface area contributed by atoms with Gasteiger partial charge in [-0.2, -0.15) is 0 Å². The number of amides is 2. The van der Waals surface area contributed by atoms with Crippen molar-refractivity contribution in [2.24, 2.45) is 64.0 Å². The third-order valence-corrected chi connectivity index (χ3v) is 11.4. The predicted molar refractivity (Wildman–Crippen MR) is 160 cm³/mol. The summed E-state index contributed by atoms with van der Waals surface area (Å²) in [5, 5.41) is 38.1. The SMILES string of the molecule is CC(CCC(C)(N)N)NC(=O)CCC(C)C1CCC2C1CCC1C2C(O)C(O)C2CC(O)CCC21C.NCNC=O. The van der Waals surface area contributed by atoms with Gasteiger partial charge in [0, 0.05) is 12.5 Å². The molecule has 2 amide bonds. The first kappa shape index (κ1) is 34.2. The molecule has 0 aromatic carbocycles. The Morgan fingerprint density at radius 1 is 1.02 bits per heavy atom. The van der Waals surface area contributed by atoms with Crippen LogP contribution in [0.2, 0.25) is 0 Å². The van der Waals surface area contributed by atoms with Crippen LogP contribution < -0.4 is 27.8 Å². The van der Waals surface area contributed by atoms with Gasteiger partial charge in [0.25, 0.3) is 0 Å². The van der Waals surface area contributed by atoms with E-state index in [1.54, 1.807) is 6.92 Å². The fraction of sp³-hybridized carbons (Fsp3) is 0.935. The zero-order chi connectivity index (χ0) is 30.5. The summed E-state index contributed by atoms with van der Waals surface area (Å²) in [5.74, 6) is 2.77. The van der Waals surface area contributed by atoms with Gasteiger partial charge in [0.2, 0.25) is 12.3 Å². The van der Waals surface area contributed by atoms with Crippen LogP contribution in [-0.2, 0) is 9.59 Å². The van der Waals surface area contributed by atoms with Crippen molar-refractivity contribution in [2.45, 2.75) is 128 Å². The maximum absolute atomic E-state index is 12.6. The molecule has 0 aliphatic heterocycles. The van der Waals surface area contributed by atoms with Gasteiger partial charge in [-0.15, -0.1) is 0 Å². The highest BCUT2D eigenvalue weighted by Crippen LogP contribution is 2.64. The molecule has 0 heterocycles. The van der Waals surface area contributed by atoms with Crippen LogP contribution >= 0.6 is 0 Å². The summed E-state index contributed by atoms with van der Waals surface area (Å²) in [6.07, 6.45) is 8.60. The number of carbonyl (C=O) groups excluding carboxylic acids is 2. The van der Waals surface area contributed by atoms with E-state index in [0.717, 1.165) is 44.9 Å². The number of aliphatic hydroxyl groups is 3. The second kappa shape index (κ2) is 14.4. The van der Waals surface area contributed by atoms with Gasteiger partial charge in [-0.05, 0) is 125 Å². The van der Waals surface area contributed by atoms with Crippen LogP contribution in [0.1, 0.15) is 98.3 Å². The zero-order valence-electron chi connectivity index (χ0n) is 25.8. The first-order chi connectivity index (χ1) is 19.2. The average Bonchev–Trinajstić information content (AvgIpc) is 3.35. The summed E-state index contributed by atoms with van der Waals surface area (Å²) in [6, 6.07) is 0.0654. The maximum Gasteiger partial charge on any atom is 0.220 e. The maximum atomic E-state index is 12.6. The van der Waals surface area contributed by atoms with Crippen molar-refractivity contribution in [1.29, 1.82) is 0 Å². The minimum absolute atomic E-state index is 0.00507. The Morgan fingerprint density at radius 3 is 2.32 bits per heavy atom. The van der Waals surface area contributed by atoms with E-state index in [2.05, 4.69) is 24.5 Å². The highest BCUT2D eigenvalue weighted by atomic mass is 16.3. The highest BCUT2D eigenvalue weighted by molar-refractivity contribution is 5.76. The molecule has 4 aliphatic rings. The predicted octanol–water partition coefficient (Wildman–Crippen LogP) is 1.54. The van der Waals surface area contributed by atoms with E-state index in [1.165, 1.54) is 6.42 Å². The molecule has 4 rings (SSSR count). The average molecular weight is 582 g/mol. The number of nitrogens with two attached hydrogens (primary N) is 3.